The lowest BCUT2D eigenvalue weighted by Crippen LogP contribution is -2.32. The van der Waals surface area contributed by atoms with Crippen LogP contribution in [0, 0.1) is 19.8 Å². The van der Waals surface area contributed by atoms with Gasteiger partial charge in [0.15, 0.2) is 6.61 Å². The second-order valence-electron chi connectivity index (χ2n) is 8.76. The molecule has 4 rings (SSSR count). The number of benzene rings is 3. The smallest absolute Gasteiger partial charge is 0.262 e. The van der Waals surface area contributed by atoms with Crippen molar-refractivity contribution in [3.63, 3.8) is 0 Å². The maximum Gasteiger partial charge on any atom is 0.262 e. The van der Waals surface area contributed by atoms with E-state index in [0.29, 0.717) is 24.5 Å². The molecule has 35 heavy (non-hydrogen) atoms. The van der Waals surface area contributed by atoms with E-state index >= 15 is 0 Å². The zero-order chi connectivity index (χ0) is 24.8. The number of anilines is 2. The van der Waals surface area contributed by atoms with Gasteiger partial charge in [-0.05, 0) is 60.9 Å². The van der Waals surface area contributed by atoms with Crippen molar-refractivity contribution in [3.8, 4) is 5.75 Å². The van der Waals surface area contributed by atoms with Crippen molar-refractivity contribution in [1.29, 1.82) is 0 Å². The lowest BCUT2D eigenvalue weighted by Gasteiger charge is -2.17. The Morgan fingerprint density at radius 2 is 1.74 bits per heavy atom. The summed E-state index contributed by atoms with van der Waals surface area (Å²) in [6, 6.07) is 22.5. The fraction of sp³-hybridized carbons (Fsp3) is 0.250. The highest BCUT2D eigenvalue weighted by Gasteiger charge is 2.35. The Bertz CT molecular complexity index is 1210. The molecule has 1 fully saturated rings. The minimum Gasteiger partial charge on any atom is -0.484 e. The normalized spacial score (nSPS) is 15.1. The van der Waals surface area contributed by atoms with E-state index in [-0.39, 0.29) is 30.7 Å². The molecule has 0 saturated carbocycles. The van der Waals surface area contributed by atoms with E-state index in [0.717, 1.165) is 22.4 Å². The number of hydrogen-bond acceptors (Lipinski definition) is 4. The standard InChI is InChI=1S/C28H29N3O4/c1-19-8-9-20(2)25(14-19)30-26(32)18-35-24-12-10-23(11-13-24)31-17-22(15-27(31)33)28(34)29-16-21-6-4-3-5-7-21/h3-14,22H,15-18H2,1-2H3,(H,29,34)(H,30,32)/t22-/m1/s1. The summed E-state index contributed by atoms with van der Waals surface area (Å²) in [4.78, 5) is 39.0. The van der Waals surface area contributed by atoms with Gasteiger partial charge >= 0.3 is 0 Å². The van der Waals surface area contributed by atoms with Gasteiger partial charge < -0.3 is 20.3 Å². The first-order valence-electron chi connectivity index (χ1n) is 11.6. The molecular weight excluding hydrogens is 442 g/mol. The monoisotopic (exact) mass is 471 g/mol. The summed E-state index contributed by atoms with van der Waals surface area (Å²) in [6.45, 7) is 4.55. The van der Waals surface area contributed by atoms with Crippen LogP contribution >= 0.6 is 0 Å². The third-order valence-corrected chi connectivity index (χ3v) is 5.99. The van der Waals surface area contributed by atoms with E-state index in [4.69, 9.17) is 4.74 Å². The van der Waals surface area contributed by atoms with Gasteiger partial charge in [-0.2, -0.15) is 0 Å². The Labute approximate surface area is 205 Å². The van der Waals surface area contributed by atoms with Crippen molar-refractivity contribution in [2.24, 2.45) is 5.92 Å². The molecule has 0 bridgehead atoms. The topological polar surface area (TPSA) is 87.7 Å². The van der Waals surface area contributed by atoms with E-state index < -0.39 is 5.92 Å². The average molecular weight is 472 g/mol. The average Bonchev–Trinajstić information content (AvgIpc) is 3.26. The minimum absolute atomic E-state index is 0.0913. The van der Waals surface area contributed by atoms with Crippen LogP contribution in [0.1, 0.15) is 23.1 Å². The van der Waals surface area contributed by atoms with Gasteiger partial charge in [-0.3, -0.25) is 14.4 Å². The summed E-state index contributed by atoms with van der Waals surface area (Å²) in [5.41, 5.74) is 4.52. The van der Waals surface area contributed by atoms with Gasteiger partial charge in [0.2, 0.25) is 11.8 Å². The second kappa shape index (κ2) is 10.9. The van der Waals surface area contributed by atoms with Crippen LogP contribution in [0.25, 0.3) is 0 Å². The first-order valence-corrected chi connectivity index (χ1v) is 11.6. The van der Waals surface area contributed by atoms with Crippen molar-refractivity contribution in [3.05, 3.63) is 89.5 Å². The third-order valence-electron chi connectivity index (χ3n) is 5.99. The molecule has 0 unspecified atom stereocenters. The summed E-state index contributed by atoms with van der Waals surface area (Å²) in [7, 11) is 0. The van der Waals surface area contributed by atoms with E-state index in [2.05, 4.69) is 10.6 Å². The quantitative estimate of drug-likeness (QED) is 0.520. The molecule has 1 saturated heterocycles. The molecule has 180 valence electrons. The summed E-state index contributed by atoms with van der Waals surface area (Å²) in [5.74, 6) is -0.336. The number of nitrogens with one attached hydrogen (secondary N) is 2. The van der Waals surface area contributed by atoms with Crippen LogP contribution in [0.4, 0.5) is 11.4 Å². The fourth-order valence-corrected chi connectivity index (χ4v) is 3.99. The Hall–Kier alpha value is -4.13. The van der Waals surface area contributed by atoms with Crippen molar-refractivity contribution in [2.75, 3.05) is 23.4 Å². The summed E-state index contributed by atoms with van der Waals surface area (Å²) >= 11 is 0. The Morgan fingerprint density at radius 1 is 1.00 bits per heavy atom. The molecule has 0 spiro atoms. The first-order chi connectivity index (χ1) is 16.9. The van der Waals surface area contributed by atoms with Crippen molar-refractivity contribution >= 4 is 29.1 Å². The van der Waals surface area contributed by atoms with Gasteiger partial charge in [0, 0.05) is 30.9 Å². The van der Waals surface area contributed by atoms with E-state index in [9.17, 15) is 14.4 Å². The number of carbonyl (C=O) groups is 3. The van der Waals surface area contributed by atoms with Crippen LogP contribution in [0.3, 0.4) is 0 Å². The lowest BCUT2D eigenvalue weighted by atomic mass is 10.1. The van der Waals surface area contributed by atoms with Crippen molar-refractivity contribution in [2.45, 2.75) is 26.8 Å². The van der Waals surface area contributed by atoms with Crippen LogP contribution in [0.5, 0.6) is 5.75 Å². The summed E-state index contributed by atoms with van der Waals surface area (Å²) < 4.78 is 5.61. The number of amides is 3. The Morgan fingerprint density at radius 3 is 2.49 bits per heavy atom. The highest BCUT2D eigenvalue weighted by molar-refractivity contribution is 6.00. The molecule has 3 amide bonds. The Kier molecular flexibility index (Phi) is 7.45. The summed E-state index contributed by atoms with van der Waals surface area (Å²) in [5, 5.41) is 5.78. The third kappa shape index (κ3) is 6.26. The number of carbonyl (C=O) groups excluding carboxylic acids is 3. The van der Waals surface area contributed by atoms with Crippen molar-refractivity contribution < 1.29 is 19.1 Å². The first kappa shape index (κ1) is 24.0. The maximum absolute atomic E-state index is 12.6. The largest absolute Gasteiger partial charge is 0.484 e. The minimum atomic E-state index is -0.393. The number of hydrogen-bond donors (Lipinski definition) is 2. The van der Waals surface area contributed by atoms with Crippen LogP contribution < -0.4 is 20.3 Å². The van der Waals surface area contributed by atoms with Gasteiger partial charge in [-0.25, -0.2) is 0 Å². The van der Waals surface area contributed by atoms with Crippen LogP contribution in [-0.4, -0.2) is 30.9 Å². The highest BCUT2D eigenvalue weighted by atomic mass is 16.5. The molecule has 1 atom stereocenters. The van der Waals surface area contributed by atoms with E-state index in [1.165, 1.54) is 0 Å². The van der Waals surface area contributed by atoms with Gasteiger partial charge in [0.05, 0.1) is 5.92 Å². The predicted molar refractivity (Wildman–Crippen MR) is 135 cm³/mol. The van der Waals surface area contributed by atoms with E-state index in [1.807, 2.05) is 62.4 Å². The van der Waals surface area contributed by atoms with Gasteiger partial charge in [-0.1, -0.05) is 42.5 Å². The van der Waals surface area contributed by atoms with Gasteiger partial charge in [0.1, 0.15) is 5.75 Å². The van der Waals surface area contributed by atoms with Crippen LogP contribution in [-0.2, 0) is 20.9 Å². The molecule has 1 aliphatic rings. The van der Waals surface area contributed by atoms with E-state index in [1.54, 1.807) is 29.2 Å². The zero-order valence-corrected chi connectivity index (χ0v) is 19.9. The van der Waals surface area contributed by atoms with Crippen LogP contribution in [0.15, 0.2) is 72.8 Å². The molecule has 3 aromatic carbocycles. The molecule has 1 aliphatic heterocycles. The number of rotatable bonds is 8. The highest BCUT2D eigenvalue weighted by Crippen LogP contribution is 2.27. The summed E-state index contributed by atoms with van der Waals surface area (Å²) in [6.07, 6.45) is 0.178. The van der Waals surface area contributed by atoms with Crippen molar-refractivity contribution in [1.82, 2.24) is 5.32 Å². The molecule has 0 aromatic heterocycles. The molecule has 7 nitrogen and oxygen atoms in total. The molecule has 0 radical (unpaired) electrons. The van der Waals surface area contributed by atoms with Crippen LogP contribution in [0.2, 0.25) is 0 Å². The number of ether oxygens (including phenoxy) is 1. The molecule has 0 aliphatic carbocycles. The Balaban J connectivity index is 1.28. The number of aryl methyl sites for hydroxylation is 2. The molecule has 3 aromatic rings. The predicted octanol–water partition coefficient (Wildman–Crippen LogP) is 3.99. The SMILES string of the molecule is Cc1ccc(C)c(NC(=O)COc2ccc(N3C[C@H](C(=O)NCc4ccccc4)CC3=O)cc2)c1. The van der Waals surface area contributed by atoms with Gasteiger partial charge in [-0.15, -0.1) is 0 Å². The lowest BCUT2D eigenvalue weighted by molar-refractivity contribution is -0.126. The molecular formula is C28H29N3O4. The molecule has 1 heterocycles. The van der Waals surface area contributed by atoms with Gasteiger partial charge in [0.25, 0.3) is 5.91 Å². The number of nitrogens with zero attached hydrogens (tertiary/aromatic N) is 1. The zero-order valence-electron chi connectivity index (χ0n) is 19.9. The fourth-order valence-electron chi connectivity index (χ4n) is 3.99. The maximum atomic E-state index is 12.6. The molecule has 2 N–H and O–H groups in total. The second-order valence-corrected chi connectivity index (χ2v) is 8.76. The molecule has 7 heteroatoms.